The minimum Gasteiger partial charge on any atom is -0.493 e. The summed E-state index contributed by atoms with van der Waals surface area (Å²) in [6.07, 6.45) is 2.08. The number of barbiturate groups is 1. The van der Waals surface area contributed by atoms with Crippen LogP contribution in [0.5, 0.6) is 28.7 Å². The van der Waals surface area contributed by atoms with Gasteiger partial charge in [-0.15, -0.1) is 0 Å². The molecule has 12 heteroatoms. The van der Waals surface area contributed by atoms with E-state index in [1.807, 2.05) is 62.4 Å². The largest absolute Gasteiger partial charge is 0.493 e. The molecule has 1 aliphatic rings. The van der Waals surface area contributed by atoms with Gasteiger partial charge >= 0.3 is 6.03 Å². The molecular weight excluding hydrogens is 671 g/mol. The molecular formula is C37H34Cl2N2O8. The zero-order valence-electron chi connectivity index (χ0n) is 27.1. The number of hydrogen-bond donors (Lipinski definition) is 1. The van der Waals surface area contributed by atoms with Gasteiger partial charge in [0, 0.05) is 6.07 Å². The van der Waals surface area contributed by atoms with Crippen LogP contribution in [0.15, 0.2) is 84.4 Å². The molecule has 0 bridgehead atoms. The number of amides is 4. The molecule has 1 heterocycles. The first kappa shape index (κ1) is 35.1. The third-order valence-corrected chi connectivity index (χ3v) is 7.79. The Morgan fingerprint density at radius 2 is 1.43 bits per heavy atom. The highest BCUT2D eigenvalue weighted by atomic mass is 35.5. The first-order chi connectivity index (χ1) is 23.7. The van der Waals surface area contributed by atoms with E-state index in [-0.39, 0.29) is 33.7 Å². The van der Waals surface area contributed by atoms with Crippen molar-refractivity contribution in [3.05, 3.63) is 111 Å². The van der Waals surface area contributed by atoms with E-state index in [2.05, 4.69) is 5.32 Å². The number of imide groups is 2. The third-order valence-electron chi connectivity index (χ3n) is 7.23. The van der Waals surface area contributed by atoms with E-state index >= 15 is 0 Å². The number of benzene rings is 4. The smallest absolute Gasteiger partial charge is 0.335 e. The Balaban J connectivity index is 1.32. The molecule has 0 radical (unpaired) electrons. The van der Waals surface area contributed by atoms with Crippen molar-refractivity contribution in [1.29, 1.82) is 0 Å². The van der Waals surface area contributed by atoms with Gasteiger partial charge in [0.05, 0.1) is 36.1 Å². The van der Waals surface area contributed by atoms with Gasteiger partial charge in [-0.2, -0.15) is 0 Å². The van der Waals surface area contributed by atoms with Gasteiger partial charge in [-0.1, -0.05) is 66.5 Å². The number of ether oxygens (including phenoxy) is 5. The molecule has 4 amide bonds. The van der Waals surface area contributed by atoms with Crippen molar-refractivity contribution in [2.45, 2.75) is 33.5 Å². The summed E-state index contributed by atoms with van der Waals surface area (Å²) in [5.74, 6) is 0.450. The van der Waals surface area contributed by atoms with Crippen LogP contribution in [0.4, 0.5) is 10.5 Å². The minimum atomic E-state index is -0.903. The van der Waals surface area contributed by atoms with Crippen LogP contribution in [0.1, 0.15) is 37.0 Å². The molecule has 1 aliphatic heterocycles. The van der Waals surface area contributed by atoms with Crippen LogP contribution >= 0.6 is 23.2 Å². The predicted molar refractivity (Wildman–Crippen MR) is 187 cm³/mol. The summed E-state index contributed by atoms with van der Waals surface area (Å²) >= 11 is 13.1. The van der Waals surface area contributed by atoms with E-state index in [0.717, 1.165) is 22.4 Å². The van der Waals surface area contributed by atoms with E-state index in [0.29, 0.717) is 48.4 Å². The van der Waals surface area contributed by atoms with Gasteiger partial charge in [-0.25, -0.2) is 9.69 Å². The molecule has 0 atom stereocenters. The van der Waals surface area contributed by atoms with Gasteiger partial charge in [-0.05, 0) is 72.5 Å². The Labute approximate surface area is 294 Å². The summed E-state index contributed by atoms with van der Waals surface area (Å²) in [6, 6.07) is 22.0. The third kappa shape index (κ3) is 8.46. The highest BCUT2D eigenvalue weighted by Gasteiger charge is 2.37. The van der Waals surface area contributed by atoms with Crippen LogP contribution in [0.3, 0.4) is 0 Å². The quantitative estimate of drug-likeness (QED) is 0.104. The van der Waals surface area contributed by atoms with Gasteiger partial charge in [0.15, 0.2) is 28.7 Å². The SMILES string of the molecule is CCCOc1ccc(N2C(=O)NC(=O)/C(=C/c3cc(Cl)c(OCc4ccc(OCc5ccccc5)c(OCC)c4)c(Cl)c3)C2=O)cc1OC. The fourth-order valence-corrected chi connectivity index (χ4v) is 5.52. The van der Waals surface area contributed by atoms with Crippen molar-refractivity contribution >= 4 is 52.8 Å². The molecule has 0 unspecified atom stereocenters. The van der Waals surface area contributed by atoms with Crippen molar-refractivity contribution in [3.63, 3.8) is 0 Å². The summed E-state index contributed by atoms with van der Waals surface area (Å²) in [5, 5.41) is 2.50. The molecule has 4 aromatic carbocycles. The maximum atomic E-state index is 13.5. The lowest BCUT2D eigenvalue weighted by atomic mass is 10.1. The molecule has 49 heavy (non-hydrogen) atoms. The van der Waals surface area contributed by atoms with E-state index < -0.39 is 17.8 Å². The molecule has 1 saturated heterocycles. The van der Waals surface area contributed by atoms with Crippen molar-refractivity contribution in [2.75, 3.05) is 25.2 Å². The van der Waals surface area contributed by atoms with Crippen molar-refractivity contribution < 1.29 is 38.1 Å². The molecule has 1 N–H and O–H groups in total. The lowest BCUT2D eigenvalue weighted by molar-refractivity contribution is -0.122. The second-order valence-corrected chi connectivity index (χ2v) is 11.5. The Hall–Kier alpha value is -5.19. The monoisotopic (exact) mass is 704 g/mol. The van der Waals surface area contributed by atoms with Gasteiger partial charge in [0.2, 0.25) is 0 Å². The average Bonchev–Trinajstić information content (AvgIpc) is 3.09. The number of rotatable bonds is 14. The lowest BCUT2D eigenvalue weighted by Crippen LogP contribution is -2.54. The molecule has 0 aromatic heterocycles. The Kier molecular flexibility index (Phi) is 11.7. The van der Waals surface area contributed by atoms with E-state index in [1.165, 1.54) is 37.5 Å². The van der Waals surface area contributed by atoms with Crippen LogP contribution < -0.4 is 33.9 Å². The number of carbonyl (C=O) groups excluding carboxylic acids is 3. The minimum absolute atomic E-state index is 0.114. The van der Waals surface area contributed by atoms with Crippen molar-refractivity contribution in [1.82, 2.24) is 5.32 Å². The molecule has 0 aliphatic carbocycles. The first-order valence-electron chi connectivity index (χ1n) is 15.5. The maximum Gasteiger partial charge on any atom is 0.335 e. The van der Waals surface area contributed by atoms with Gasteiger partial charge < -0.3 is 23.7 Å². The number of halogens is 2. The van der Waals surface area contributed by atoms with Crippen LogP contribution in [-0.2, 0) is 22.8 Å². The molecule has 1 fully saturated rings. The van der Waals surface area contributed by atoms with Crippen LogP contribution in [0, 0.1) is 0 Å². The predicted octanol–water partition coefficient (Wildman–Crippen LogP) is 8.01. The maximum absolute atomic E-state index is 13.5. The molecule has 10 nitrogen and oxygen atoms in total. The number of nitrogens with zero attached hydrogens (tertiary/aromatic N) is 1. The zero-order chi connectivity index (χ0) is 34.9. The molecule has 0 spiro atoms. The van der Waals surface area contributed by atoms with E-state index in [9.17, 15) is 14.4 Å². The first-order valence-corrected chi connectivity index (χ1v) is 16.2. The lowest BCUT2D eigenvalue weighted by Gasteiger charge is -2.27. The standard InChI is InChI=1S/C37H34Cl2N2O8/c1-4-15-47-30-14-12-26(20-32(30)45-3)41-36(43)27(35(42)40-37(41)44)16-25-17-28(38)34(29(39)18-25)49-22-24-11-13-31(33(19-24)46-5-2)48-21-23-9-7-6-8-10-23/h6-14,16-20H,4-5,15,21-22H2,1-3H3,(H,40,42,44)/b27-16-. The van der Waals surface area contributed by atoms with Crippen molar-refractivity contribution in [3.8, 4) is 28.7 Å². The highest BCUT2D eigenvalue weighted by molar-refractivity contribution is 6.40. The molecule has 4 aromatic rings. The number of carbonyl (C=O) groups is 3. The number of methoxy groups -OCH3 is 1. The summed E-state index contributed by atoms with van der Waals surface area (Å²) in [7, 11) is 1.45. The van der Waals surface area contributed by atoms with Crippen LogP contribution in [-0.4, -0.2) is 38.2 Å². The highest BCUT2D eigenvalue weighted by Crippen LogP contribution is 2.37. The number of nitrogens with one attached hydrogen (secondary N) is 1. The molecule has 254 valence electrons. The topological polar surface area (TPSA) is 113 Å². The summed E-state index contributed by atoms with van der Waals surface area (Å²) in [4.78, 5) is 39.9. The normalized spacial score (nSPS) is 13.7. The van der Waals surface area contributed by atoms with Gasteiger partial charge in [0.25, 0.3) is 11.8 Å². The summed E-state index contributed by atoms with van der Waals surface area (Å²) in [5.41, 5.74) is 2.04. The van der Waals surface area contributed by atoms with E-state index in [1.54, 1.807) is 6.07 Å². The number of anilines is 1. The van der Waals surface area contributed by atoms with Crippen LogP contribution in [0.25, 0.3) is 6.08 Å². The molecule has 5 rings (SSSR count). The van der Waals surface area contributed by atoms with Gasteiger partial charge in [-0.3, -0.25) is 14.9 Å². The van der Waals surface area contributed by atoms with Crippen molar-refractivity contribution in [2.24, 2.45) is 0 Å². The summed E-state index contributed by atoms with van der Waals surface area (Å²) in [6.45, 7) is 5.26. The zero-order valence-corrected chi connectivity index (χ0v) is 28.6. The fraction of sp³-hybridized carbons (Fsp3) is 0.216. The second-order valence-electron chi connectivity index (χ2n) is 10.7. The molecule has 0 saturated carbocycles. The fourth-order valence-electron chi connectivity index (χ4n) is 4.91. The number of hydrogen-bond acceptors (Lipinski definition) is 8. The average molecular weight is 706 g/mol. The summed E-state index contributed by atoms with van der Waals surface area (Å²) < 4.78 is 28.8. The second kappa shape index (κ2) is 16.3. The Morgan fingerprint density at radius 1 is 0.735 bits per heavy atom. The van der Waals surface area contributed by atoms with Gasteiger partial charge in [0.1, 0.15) is 18.8 Å². The van der Waals surface area contributed by atoms with E-state index in [4.69, 9.17) is 46.9 Å². The van der Waals surface area contributed by atoms with Crippen LogP contribution in [0.2, 0.25) is 10.0 Å². The Bertz CT molecular complexity index is 1860. The Morgan fingerprint density at radius 3 is 2.12 bits per heavy atom. The number of urea groups is 1.